The summed E-state index contributed by atoms with van der Waals surface area (Å²) < 4.78 is 7.26. The normalized spacial score (nSPS) is 11.0. The van der Waals surface area contributed by atoms with Gasteiger partial charge in [-0.1, -0.05) is 29.8 Å². The number of nitrogens with zero attached hydrogens (tertiary/aromatic N) is 4. The molecule has 0 atom stereocenters. The van der Waals surface area contributed by atoms with Crippen molar-refractivity contribution in [3.05, 3.63) is 46.2 Å². The first kappa shape index (κ1) is 15.6. The lowest BCUT2D eigenvalue weighted by molar-refractivity contribution is 0.337. The van der Waals surface area contributed by atoms with E-state index in [1.165, 1.54) is 0 Å². The maximum Gasteiger partial charge on any atom is 0.254 e. The minimum Gasteiger partial charge on any atom is -0.494 e. The fourth-order valence-corrected chi connectivity index (χ4v) is 2.47. The molecule has 3 aromatic rings. The summed E-state index contributed by atoms with van der Waals surface area (Å²) in [5.74, 6) is 1.90. The van der Waals surface area contributed by atoms with Crippen molar-refractivity contribution in [1.29, 1.82) is 0 Å². The Balaban J connectivity index is 1.84. The number of ether oxygens (including phenoxy) is 1. The maximum atomic E-state index is 6.21. The molecule has 120 valence electrons. The van der Waals surface area contributed by atoms with Crippen LogP contribution >= 0.6 is 11.6 Å². The number of halogens is 1. The third-order valence-electron chi connectivity index (χ3n) is 3.52. The van der Waals surface area contributed by atoms with Gasteiger partial charge in [0.15, 0.2) is 0 Å². The molecular formula is C16H18ClN5O. The Kier molecular flexibility index (Phi) is 4.34. The first-order chi connectivity index (χ1) is 11.1. The predicted molar refractivity (Wildman–Crippen MR) is 90.2 cm³/mol. The van der Waals surface area contributed by atoms with Gasteiger partial charge in [0, 0.05) is 12.1 Å². The van der Waals surface area contributed by atoms with Crippen LogP contribution in [0.25, 0.3) is 5.78 Å². The van der Waals surface area contributed by atoms with Crippen molar-refractivity contribution >= 4 is 23.3 Å². The summed E-state index contributed by atoms with van der Waals surface area (Å²) in [6.45, 7) is 6.92. The van der Waals surface area contributed by atoms with Gasteiger partial charge in [0.1, 0.15) is 5.75 Å². The van der Waals surface area contributed by atoms with Gasteiger partial charge in [-0.25, -0.2) is 4.98 Å². The van der Waals surface area contributed by atoms with Crippen molar-refractivity contribution in [2.45, 2.75) is 27.3 Å². The van der Waals surface area contributed by atoms with Crippen molar-refractivity contribution in [2.24, 2.45) is 0 Å². The number of aryl methyl sites for hydroxylation is 2. The molecule has 1 aromatic carbocycles. The summed E-state index contributed by atoms with van der Waals surface area (Å²) >= 11 is 6.21. The van der Waals surface area contributed by atoms with Crippen LogP contribution in [0.3, 0.4) is 0 Å². The van der Waals surface area contributed by atoms with Gasteiger partial charge >= 0.3 is 0 Å². The Morgan fingerprint density at radius 1 is 1.22 bits per heavy atom. The van der Waals surface area contributed by atoms with Gasteiger partial charge in [-0.05, 0) is 26.8 Å². The highest BCUT2D eigenvalue weighted by molar-refractivity contribution is 6.31. The molecule has 1 N–H and O–H groups in total. The van der Waals surface area contributed by atoms with Crippen LogP contribution in [0.2, 0.25) is 5.02 Å². The van der Waals surface area contributed by atoms with Gasteiger partial charge in [0.2, 0.25) is 5.95 Å². The molecule has 0 spiro atoms. The topological polar surface area (TPSA) is 64.3 Å². The highest BCUT2D eigenvalue weighted by atomic mass is 35.5. The SMILES string of the molecule is CCOc1ccccc1CNc1nc2nc(C)c(Cl)c(C)n2n1. The maximum absolute atomic E-state index is 6.21. The molecule has 23 heavy (non-hydrogen) atoms. The number of nitrogens with one attached hydrogen (secondary N) is 1. The van der Waals surface area contributed by atoms with Crippen LogP contribution in [0.4, 0.5) is 5.95 Å². The second kappa shape index (κ2) is 6.42. The number of rotatable bonds is 5. The summed E-state index contributed by atoms with van der Waals surface area (Å²) in [7, 11) is 0. The van der Waals surface area contributed by atoms with Gasteiger partial charge in [-0.15, -0.1) is 5.10 Å². The Morgan fingerprint density at radius 3 is 2.78 bits per heavy atom. The minimum atomic E-state index is 0.508. The van der Waals surface area contributed by atoms with Gasteiger partial charge in [-0.3, -0.25) is 0 Å². The second-order valence-corrected chi connectivity index (χ2v) is 5.52. The summed E-state index contributed by atoms with van der Waals surface area (Å²) in [5.41, 5.74) is 2.62. The molecule has 2 heterocycles. The third kappa shape index (κ3) is 3.07. The van der Waals surface area contributed by atoms with Crippen LogP contribution in [0.1, 0.15) is 23.9 Å². The molecule has 0 amide bonds. The van der Waals surface area contributed by atoms with Crippen molar-refractivity contribution in [3.63, 3.8) is 0 Å². The highest BCUT2D eigenvalue weighted by Crippen LogP contribution is 2.21. The van der Waals surface area contributed by atoms with Crippen molar-refractivity contribution < 1.29 is 4.74 Å². The minimum absolute atomic E-state index is 0.508. The number of benzene rings is 1. The molecule has 0 radical (unpaired) electrons. The van der Waals surface area contributed by atoms with E-state index >= 15 is 0 Å². The molecule has 0 fully saturated rings. The zero-order valence-corrected chi connectivity index (χ0v) is 14.1. The number of anilines is 1. The smallest absolute Gasteiger partial charge is 0.254 e. The molecule has 0 unspecified atom stereocenters. The number of aromatic nitrogens is 4. The largest absolute Gasteiger partial charge is 0.494 e. The quantitative estimate of drug-likeness (QED) is 0.776. The fraction of sp³-hybridized carbons (Fsp3) is 0.312. The molecule has 7 heteroatoms. The molecule has 0 saturated carbocycles. The lowest BCUT2D eigenvalue weighted by atomic mass is 10.2. The Labute approximate surface area is 139 Å². The van der Waals surface area contributed by atoms with Gasteiger partial charge in [0.25, 0.3) is 5.78 Å². The van der Waals surface area contributed by atoms with Crippen molar-refractivity contribution in [2.75, 3.05) is 11.9 Å². The van der Waals surface area contributed by atoms with Crippen LogP contribution in [0.5, 0.6) is 5.75 Å². The van der Waals surface area contributed by atoms with Crippen LogP contribution in [-0.2, 0) is 6.54 Å². The highest BCUT2D eigenvalue weighted by Gasteiger charge is 2.12. The first-order valence-electron chi connectivity index (χ1n) is 7.44. The lowest BCUT2D eigenvalue weighted by Crippen LogP contribution is -2.04. The molecule has 0 aliphatic rings. The summed E-state index contributed by atoms with van der Waals surface area (Å²) in [5, 5.41) is 8.23. The Morgan fingerprint density at radius 2 is 2.00 bits per heavy atom. The summed E-state index contributed by atoms with van der Waals surface area (Å²) in [6, 6.07) is 7.89. The van der Waals surface area contributed by atoms with Gasteiger partial charge < -0.3 is 10.1 Å². The van der Waals surface area contributed by atoms with Gasteiger partial charge in [-0.2, -0.15) is 9.50 Å². The van der Waals surface area contributed by atoms with E-state index in [1.54, 1.807) is 4.52 Å². The average molecular weight is 332 g/mol. The van der Waals surface area contributed by atoms with Crippen LogP contribution in [0, 0.1) is 13.8 Å². The molecule has 0 aliphatic heterocycles. The summed E-state index contributed by atoms with van der Waals surface area (Å²) in [6.07, 6.45) is 0. The standard InChI is InChI=1S/C16H18ClN5O/c1-4-23-13-8-6-5-7-12(13)9-18-15-20-16-19-10(2)14(17)11(3)22(16)21-15/h5-8H,4,9H2,1-3H3,(H,18,21). The lowest BCUT2D eigenvalue weighted by Gasteiger charge is -2.09. The molecule has 0 bridgehead atoms. The van der Waals surface area contributed by atoms with E-state index in [-0.39, 0.29) is 0 Å². The Bertz CT molecular complexity index is 846. The van der Waals surface area contributed by atoms with Crippen LogP contribution in [0.15, 0.2) is 24.3 Å². The fourth-order valence-electron chi connectivity index (χ4n) is 2.35. The van der Waals surface area contributed by atoms with E-state index in [0.29, 0.717) is 29.9 Å². The average Bonchev–Trinajstić information content (AvgIpc) is 2.95. The van der Waals surface area contributed by atoms with E-state index in [9.17, 15) is 0 Å². The van der Waals surface area contributed by atoms with Crippen molar-refractivity contribution in [1.82, 2.24) is 19.6 Å². The molecule has 2 aromatic heterocycles. The number of hydrogen-bond acceptors (Lipinski definition) is 5. The predicted octanol–water partition coefficient (Wildman–Crippen LogP) is 3.41. The molecular weight excluding hydrogens is 314 g/mol. The monoisotopic (exact) mass is 331 g/mol. The Hall–Kier alpha value is -2.34. The number of fused-ring (bicyclic) bond motifs is 1. The zero-order chi connectivity index (χ0) is 16.4. The van der Waals surface area contributed by atoms with E-state index < -0.39 is 0 Å². The van der Waals surface area contributed by atoms with Crippen LogP contribution < -0.4 is 10.1 Å². The second-order valence-electron chi connectivity index (χ2n) is 5.14. The van der Waals surface area contributed by atoms with Gasteiger partial charge in [0.05, 0.1) is 23.0 Å². The van der Waals surface area contributed by atoms with Crippen LogP contribution in [-0.4, -0.2) is 26.2 Å². The van der Waals surface area contributed by atoms with E-state index in [2.05, 4.69) is 20.4 Å². The molecule has 0 saturated heterocycles. The third-order valence-corrected chi connectivity index (χ3v) is 4.07. The van der Waals surface area contributed by atoms with E-state index in [1.807, 2.05) is 45.0 Å². The molecule has 3 rings (SSSR count). The first-order valence-corrected chi connectivity index (χ1v) is 7.82. The molecule has 0 aliphatic carbocycles. The van der Waals surface area contributed by atoms with E-state index in [0.717, 1.165) is 22.7 Å². The van der Waals surface area contributed by atoms with Crippen molar-refractivity contribution in [3.8, 4) is 5.75 Å². The summed E-state index contributed by atoms with van der Waals surface area (Å²) in [4.78, 5) is 8.75. The molecule has 6 nitrogen and oxygen atoms in total. The zero-order valence-electron chi connectivity index (χ0n) is 13.3. The number of para-hydroxylation sites is 1. The number of hydrogen-bond donors (Lipinski definition) is 1. The van der Waals surface area contributed by atoms with E-state index in [4.69, 9.17) is 16.3 Å².